The summed E-state index contributed by atoms with van der Waals surface area (Å²) in [7, 11) is 3.22. The fourth-order valence-electron chi connectivity index (χ4n) is 2.50. The summed E-state index contributed by atoms with van der Waals surface area (Å²) in [6.07, 6.45) is 1.70. The zero-order valence-corrected chi connectivity index (χ0v) is 12.9. The highest BCUT2D eigenvalue weighted by atomic mass is 16.5. The highest BCUT2D eigenvalue weighted by Crippen LogP contribution is 2.45. The minimum atomic E-state index is 0.450. The van der Waals surface area contributed by atoms with E-state index in [-0.39, 0.29) is 0 Å². The van der Waals surface area contributed by atoms with E-state index in [2.05, 4.69) is 0 Å². The number of ether oxygens (including phenoxy) is 3. The first-order valence-corrected chi connectivity index (χ1v) is 7.04. The van der Waals surface area contributed by atoms with Crippen molar-refractivity contribution in [3.05, 3.63) is 53.8 Å². The Kier molecular flexibility index (Phi) is 3.92. The molecule has 1 heterocycles. The van der Waals surface area contributed by atoms with Crippen molar-refractivity contribution in [2.45, 2.75) is 13.5 Å². The molecule has 0 saturated carbocycles. The molecule has 1 aromatic heterocycles. The lowest BCUT2D eigenvalue weighted by Gasteiger charge is -2.15. The first kappa shape index (κ1) is 14.3. The molecule has 0 aliphatic rings. The monoisotopic (exact) mass is 298 g/mol. The first-order valence-electron chi connectivity index (χ1n) is 7.04. The summed E-state index contributed by atoms with van der Waals surface area (Å²) in [5.74, 6) is 1.81. The average molecular weight is 298 g/mol. The van der Waals surface area contributed by atoms with Crippen LogP contribution in [-0.2, 0) is 6.61 Å². The molecule has 0 radical (unpaired) electrons. The summed E-state index contributed by atoms with van der Waals surface area (Å²) in [5, 5.41) is 0.909. The minimum Gasteiger partial charge on any atom is -0.492 e. The van der Waals surface area contributed by atoms with Gasteiger partial charge in [0, 0.05) is 6.07 Å². The van der Waals surface area contributed by atoms with Gasteiger partial charge in [-0.1, -0.05) is 30.3 Å². The van der Waals surface area contributed by atoms with E-state index in [0.717, 1.165) is 22.1 Å². The quantitative estimate of drug-likeness (QED) is 0.702. The Morgan fingerprint density at radius 1 is 1.00 bits per heavy atom. The van der Waals surface area contributed by atoms with E-state index in [1.807, 2.05) is 43.3 Å². The second kappa shape index (κ2) is 6.02. The standard InChI is InChI=1S/C18H18O4/c1-12-10-21-14-9-15(17(19-2)18(20-3)16(12)14)22-11-13-7-5-4-6-8-13/h4-10H,11H2,1-3H3. The molecule has 114 valence electrons. The van der Waals surface area contributed by atoms with Gasteiger partial charge in [0.15, 0.2) is 11.5 Å². The van der Waals surface area contributed by atoms with Gasteiger partial charge in [0.1, 0.15) is 12.2 Å². The van der Waals surface area contributed by atoms with E-state index < -0.39 is 0 Å². The van der Waals surface area contributed by atoms with Gasteiger partial charge in [-0.15, -0.1) is 0 Å². The SMILES string of the molecule is COc1c(OCc2ccccc2)cc2occ(C)c2c1OC. The third kappa shape index (κ3) is 2.48. The molecule has 0 unspecified atom stereocenters. The van der Waals surface area contributed by atoms with Crippen LogP contribution < -0.4 is 14.2 Å². The Bertz CT molecular complexity index is 775. The molecule has 0 bridgehead atoms. The summed E-state index contributed by atoms with van der Waals surface area (Å²) in [6.45, 7) is 2.42. The third-order valence-corrected chi connectivity index (χ3v) is 3.57. The number of fused-ring (bicyclic) bond motifs is 1. The number of aryl methyl sites for hydroxylation is 1. The van der Waals surface area contributed by atoms with Gasteiger partial charge in [0.05, 0.1) is 25.9 Å². The van der Waals surface area contributed by atoms with Crippen LogP contribution in [0.5, 0.6) is 17.2 Å². The molecule has 4 nitrogen and oxygen atoms in total. The van der Waals surface area contributed by atoms with Crippen molar-refractivity contribution in [2.24, 2.45) is 0 Å². The highest BCUT2D eigenvalue weighted by Gasteiger charge is 2.20. The van der Waals surface area contributed by atoms with Crippen molar-refractivity contribution in [3.63, 3.8) is 0 Å². The van der Waals surface area contributed by atoms with E-state index in [1.165, 1.54) is 0 Å². The van der Waals surface area contributed by atoms with Crippen molar-refractivity contribution in [1.82, 2.24) is 0 Å². The largest absolute Gasteiger partial charge is 0.492 e. The zero-order valence-electron chi connectivity index (χ0n) is 12.9. The van der Waals surface area contributed by atoms with E-state index in [1.54, 1.807) is 20.5 Å². The molecule has 0 spiro atoms. The van der Waals surface area contributed by atoms with Crippen LogP contribution >= 0.6 is 0 Å². The minimum absolute atomic E-state index is 0.450. The number of methoxy groups -OCH3 is 2. The summed E-state index contributed by atoms with van der Waals surface area (Å²) >= 11 is 0. The normalized spacial score (nSPS) is 10.7. The maximum absolute atomic E-state index is 5.91. The smallest absolute Gasteiger partial charge is 0.204 e. The second-order valence-electron chi connectivity index (χ2n) is 5.01. The van der Waals surface area contributed by atoms with Crippen molar-refractivity contribution in [3.8, 4) is 17.2 Å². The molecule has 4 heteroatoms. The Morgan fingerprint density at radius 3 is 2.41 bits per heavy atom. The summed E-state index contributed by atoms with van der Waals surface area (Å²) in [6, 6.07) is 11.8. The fraction of sp³-hybridized carbons (Fsp3) is 0.222. The van der Waals surface area contributed by atoms with Crippen molar-refractivity contribution in [1.29, 1.82) is 0 Å². The highest BCUT2D eigenvalue weighted by molar-refractivity contribution is 5.92. The molecule has 22 heavy (non-hydrogen) atoms. The third-order valence-electron chi connectivity index (χ3n) is 3.57. The number of rotatable bonds is 5. The van der Waals surface area contributed by atoms with Gasteiger partial charge in [-0.3, -0.25) is 0 Å². The lowest BCUT2D eigenvalue weighted by molar-refractivity contribution is 0.276. The molecule has 2 aromatic carbocycles. The fourth-order valence-corrected chi connectivity index (χ4v) is 2.50. The number of benzene rings is 2. The van der Waals surface area contributed by atoms with E-state index >= 15 is 0 Å². The molecular weight excluding hydrogens is 280 g/mol. The topological polar surface area (TPSA) is 40.8 Å². The van der Waals surface area contributed by atoms with Gasteiger partial charge in [0.25, 0.3) is 0 Å². The zero-order chi connectivity index (χ0) is 15.5. The Balaban J connectivity index is 2.01. The molecule has 3 rings (SSSR count). The summed E-state index contributed by atoms with van der Waals surface area (Å²) in [4.78, 5) is 0. The number of hydrogen-bond acceptors (Lipinski definition) is 4. The maximum Gasteiger partial charge on any atom is 0.204 e. The van der Waals surface area contributed by atoms with Crippen LogP contribution in [0, 0.1) is 6.92 Å². The Labute approximate surface area is 129 Å². The molecule has 0 atom stereocenters. The van der Waals surface area contributed by atoms with Crippen LogP contribution in [0.15, 0.2) is 47.1 Å². The molecule has 0 fully saturated rings. The van der Waals surface area contributed by atoms with Crippen molar-refractivity contribution >= 4 is 11.0 Å². The number of hydrogen-bond donors (Lipinski definition) is 0. The van der Waals surface area contributed by atoms with E-state index in [9.17, 15) is 0 Å². The molecule has 0 aliphatic heterocycles. The maximum atomic E-state index is 5.91. The lowest BCUT2D eigenvalue weighted by atomic mass is 10.1. The van der Waals surface area contributed by atoms with Gasteiger partial charge in [-0.2, -0.15) is 0 Å². The van der Waals surface area contributed by atoms with Gasteiger partial charge in [0.2, 0.25) is 5.75 Å². The molecule has 0 amide bonds. The van der Waals surface area contributed by atoms with Crippen LogP contribution in [-0.4, -0.2) is 14.2 Å². The van der Waals surface area contributed by atoms with Crippen LogP contribution in [0.2, 0.25) is 0 Å². The van der Waals surface area contributed by atoms with E-state index in [4.69, 9.17) is 18.6 Å². The van der Waals surface area contributed by atoms with Crippen LogP contribution in [0.25, 0.3) is 11.0 Å². The summed E-state index contributed by atoms with van der Waals surface area (Å²) in [5.41, 5.74) is 2.80. The number of furan rings is 1. The lowest BCUT2D eigenvalue weighted by Crippen LogP contribution is -1.99. The molecule has 0 aliphatic carbocycles. The summed E-state index contributed by atoms with van der Waals surface area (Å²) < 4.78 is 22.5. The van der Waals surface area contributed by atoms with Gasteiger partial charge < -0.3 is 18.6 Å². The second-order valence-corrected chi connectivity index (χ2v) is 5.01. The van der Waals surface area contributed by atoms with Crippen LogP contribution in [0.3, 0.4) is 0 Å². The van der Waals surface area contributed by atoms with Crippen LogP contribution in [0.4, 0.5) is 0 Å². The first-order chi connectivity index (χ1) is 10.7. The van der Waals surface area contributed by atoms with Crippen molar-refractivity contribution in [2.75, 3.05) is 14.2 Å². The Hall–Kier alpha value is -2.62. The molecule has 3 aromatic rings. The Morgan fingerprint density at radius 2 is 1.73 bits per heavy atom. The molecule has 0 saturated heterocycles. The predicted molar refractivity (Wildman–Crippen MR) is 84.8 cm³/mol. The predicted octanol–water partition coefficient (Wildman–Crippen LogP) is 4.34. The molecular formula is C18H18O4. The van der Waals surface area contributed by atoms with Crippen molar-refractivity contribution < 1.29 is 18.6 Å². The average Bonchev–Trinajstić information content (AvgIpc) is 2.93. The van der Waals surface area contributed by atoms with Crippen LogP contribution in [0.1, 0.15) is 11.1 Å². The van der Waals surface area contributed by atoms with E-state index in [0.29, 0.717) is 23.9 Å². The van der Waals surface area contributed by atoms with Gasteiger partial charge in [-0.25, -0.2) is 0 Å². The molecule has 0 N–H and O–H groups in total. The van der Waals surface area contributed by atoms with Gasteiger partial charge in [-0.05, 0) is 18.1 Å². The van der Waals surface area contributed by atoms with Gasteiger partial charge >= 0.3 is 0 Å².